The molecule has 0 aliphatic carbocycles. The number of nitrogens with zero attached hydrogens (tertiary/aromatic N) is 1. The Morgan fingerprint density at radius 2 is 1.91 bits per heavy atom. The van der Waals surface area contributed by atoms with E-state index in [-0.39, 0.29) is 5.91 Å². The van der Waals surface area contributed by atoms with E-state index in [1.165, 1.54) is 16.7 Å². The van der Waals surface area contributed by atoms with Gasteiger partial charge in [0.05, 0.1) is 22.2 Å². The van der Waals surface area contributed by atoms with Gasteiger partial charge in [-0.25, -0.2) is 0 Å². The number of amides is 1. The zero-order chi connectivity index (χ0) is 22.7. The topological polar surface area (TPSA) is 38.8 Å². The normalized spacial score (nSPS) is 14.8. The van der Waals surface area contributed by atoms with Crippen molar-refractivity contribution in [2.75, 3.05) is 12.0 Å². The molecule has 0 N–H and O–H groups in total. The minimum absolute atomic E-state index is 0.193. The first-order valence-corrected chi connectivity index (χ1v) is 11.9. The summed E-state index contributed by atoms with van der Waals surface area (Å²) in [6.45, 7) is 0.410. The van der Waals surface area contributed by atoms with Gasteiger partial charge in [-0.15, -0.1) is 0 Å². The second kappa shape index (κ2) is 10.1. The number of rotatable bonds is 6. The number of anilines is 1. The van der Waals surface area contributed by atoms with Gasteiger partial charge in [0.25, 0.3) is 5.91 Å². The van der Waals surface area contributed by atoms with E-state index in [1.54, 1.807) is 37.5 Å². The third kappa shape index (κ3) is 5.02. The number of benzene rings is 3. The van der Waals surface area contributed by atoms with Crippen LogP contribution in [0.2, 0.25) is 5.02 Å². The number of methoxy groups -OCH3 is 1. The van der Waals surface area contributed by atoms with Gasteiger partial charge < -0.3 is 9.47 Å². The highest BCUT2D eigenvalue weighted by atomic mass is 79.9. The standard InChI is InChI=1S/C24H17BrClNO3S2/c1-29-20-11-16(10-19(25)22(20)30-14-15-6-3-2-4-7-15)12-21-23(28)27(24(31)32-21)18-9-5-8-17(26)13-18/h2-13H,14H2,1H3/b21-12-. The first-order chi connectivity index (χ1) is 15.5. The van der Waals surface area contributed by atoms with Crippen molar-refractivity contribution in [3.05, 3.63) is 92.3 Å². The molecular weight excluding hydrogens is 530 g/mol. The summed E-state index contributed by atoms with van der Waals surface area (Å²) in [6, 6.07) is 20.7. The number of halogens is 2. The van der Waals surface area contributed by atoms with E-state index in [4.69, 9.17) is 33.3 Å². The molecule has 162 valence electrons. The molecule has 0 saturated carbocycles. The van der Waals surface area contributed by atoms with Gasteiger partial charge in [0, 0.05) is 5.02 Å². The van der Waals surface area contributed by atoms with Crippen molar-refractivity contribution >= 4 is 73.5 Å². The monoisotopic (exact) mass is 545 g/mol. The van der Waals surface area contributed by atoms with Crippen LogP contribution >= 0.6 is 51.5 Å². The van der Waals surface area contributed by atoms with E-state index in [1.807, 2.05) is 42.5 Å². The largest absolute Gasteiger partial charge is 0.493 e. The first-order valence-electron chi connectivity index (χ1n) is 9.54. The minimum Gasteiger partial charge on any atom is -0.493 e. The number of carbonyl (C=O) groups excluding carboxylic acids is 1. The highest BCUT2D eigenvalue weighted by molar-refractivity contribution is 9.10. The molecule has 0 radical (unpaired) electrons. The Labute approximate surface area is 209 Å². The van der Waals surface area contributed by atoms with Gasteiger partial charge >= 0.3 is 0 Å². The van der Waals surface area contributed by atoms with E-state index in [9.17, 15) is 4.79 Å². The number of hydrogen-bond acceptors (Lipinski definition) is 5. The molecule has 0 aromatic heterocycles. The van der Waals surface area contributed by atoms with Gasteiger partial charge in [-0.2, -0.15) is 0 Å². The lowest BCUT2D eigenvalue weighted by Crippen LogP contribution is -2.27. The fraction of sp³-hybridized carbons (Fsp3) is 0.0833. The summed E-state index contributed by atoms with van der Waals surface area (Å²) in [4.78, 5) is 15.0. The SMILES string of the molecule is COc1cc(/C=C2\SC(=S)N(c3cccc(Cl)c3)C2=O)cc(Br)c1OCc1ccccc1. The van der Waals surface area contributed by atoms with Gasteiger partial charge in [0.1, 0.15) is 6.61 Å². The summed E-state index contributed by atoms with van der Waals surface area (Å²) in [6.07, 6.45) is 1.79. The summed E-state index contributed by atoms with van der Waals surface area (Å²) in [7, 11) is 1.58. The maximum atomic E-state index is 13.0. The van der Waals surface area contributed by atoms with Crippen molar-refractivity contribution in [3.8, 4) is 11.5 Å². The predicted octanol–water partition coefficient (Wildman–Crippen LogP) is 7.10. The molecule has 4 rings (SSSR count). The van der Waals surface area contributed by atoms with Gasteiger partial charge in [-0.3, -0.25) is 9.69 Å². The molecule has 0 atom stereocenters. The molecule has 3 aromatic rings. The zero-order valence-electron chi connectivity index (χ0n) is 16.9. The molecule has 1 amide bonds. The van der Waals surface area contributed by atoms with Gasteiger partial charge in [-0.05, 0) is 63.5 Å². The van der Waals surface area contributed by atoms with Crippen LogP contribution in [0, 0.1) is 0 Å². The van der Waals surface area contributed by atoms with E-state index in [0.717, 1.165) is 15.6 Å². The van der Waals surface area contributed by atoms with Gasteiger partial charge in [-0.1, -0.05) is 72.0 Å². The van der Waals surface area contributed by atoms with Crippen molar-refractivity contribution in [1.82, 2.24) is 0 Å². The summed E-state index contributed by atoms with van der Waals surface area (Å²) < 4.78 is 12.7. The van der Waals surface area contributed by atoms with Crippen LogP contribution in [0.5, 0.6) is 11.5 Å². The van der Waals surface area contributed by atoms with E-state index in [2.05, 4.69) is 15.9 Å². The Hall–Kier alpha value is -2.32. The summed E-state index contributed by atoms with van der Waals surface area (Å²) in [5, 5.41) is 0.542. The second-order valence-electron chi connectivity index (χ2n) is 6.81. The summed E-state index contributed by atoms with van der Waals surface area (Å²) >= 11 is 16.3. The van der Waals surface area contributed by atoms with Crippen LogP contribution in [-0.4, -0.2) is 17.3 Å². The molecule has 8 heteroatoms. The third-order valence-corrected chi connectivity index (χ3v) is 6.76. The highest BCUT2D eigenvalue weighted by Crippen LogP contribution is 2.40. The average molecular weight is 547 g/mol. The molecule has 0 bridgehead atoms. The van der Waals surface area contributed by atoms with Crippen LogP contribution in [0.4, 0.5) is 5.69 Å². The van der Waals surface area contributed by atoms with Crippen molar-refractivity contribution in [2.24, 2.45) is 0 Å². The maximum absolute atomic E-state index is 13.0. The van der Waals surface area contributed by atoms with Crippen LogP contribution < -0.4 is 14.4 Å². The van der Waals surface area contributed by atoms with Crippen molar-refractivity contribution in [2.45, 2.75) is 6.61 Å². The van der Waals surface area contributed by atoms with E-state index < -0.39 is 0 Å². The predicted molar refractivity (Wildman–Crippen MR) is 139 cm³/mol. The fourth-order valence-corrected chi connectivity index (χ4v) is 5.21. The molecule has 1 saturated heterocycles. The smallest absolute Gasteiger partial charge is 0.270 e. The number of ether oxygens (including phenoxy) is 2. The number of hydrogen-bond donors (Lipinski definition) is 0. The van der Waals surface area contributed by atoms with E-state index in [0.29, 0.717) is 38.0 Å². The lowest BCUT2D eigenvalue weighted by Gasteiger charge is -2.15. The van der Waals surface area contributed by atoms with Crippen LogP contribution in [0.3, 0.4) is 0 Å². The first kappa shape index (κ1) is 22.9. The summed E-state index contributed by atoms with van der Waals surface area (Å²) in [5.74, 6) is 0.966. The van der Waals surface area contributed by atoms with Crippen LogP contribution in [0.15, 0.2) is 76.1 Å². The molecule has 1 fully saturated rings. The highest BCUT2D eigenvalue weighted by Gasteiger charge is 2.33. The van der Waals surface area contributed by atoms with Gasteiger partial charge in [0.2, 0.25) is 0 Å². The molecule has 32 heavy (non-hydrogen) atoms. The molecule has 4 nitrogen and oxygen atoms in total. The molecular formula is C24H17BrClNO3S2. The van der Waals surface area contributed by atoms with Crippen LogP contribution in [0.25, 0.3) is 6.08 Å². The Morgan fingerprint density at radius 3 is 2.62 bits per heavy atom. The number of thiocarbonyl (C=S) groups is 1. The van der Waals surface area contributed by atoms with Crippen molar-refractivity contribution in [1.29, 1.82) is 0 Å². The molecule has 1 aliphatic heterocycles. The molecule has 3 aromatic carbocycles. The fourth-order valence-electron chi connectivity index (χ4n) is 3.15. The zero-order valence-corrected chi connectivity index (χ0v) is 20.9. The molecule has 0 spiro atoms. The number of thioether (sulfide) groups is 1. The second-order valence-corrected chi connectivity index (χ2v) is 9.77. The molecule has 0 unspecified atom stereocenters. The molecule has 1 aliphatic rings. The Kier molecular flexibility index (Phi) is 7.20. The average Bonchev–Trinajstić information content (AvgIpc) is 3.06. The van der Waals surface area contributed by atoms with Crippen LogP contribution in [0.1, 0.15) is 11.1 Å². The lowest BCUT2D eigenvalue weighted by molar-refractivity contribution is -0.113. The van der Waals surface area contributed by atoms with Crippen molar-refractivity contribution < 1.29 is 14.3 Å². The third-order valence-electron chi connectivity index (χ3n) is 4.64. The van der Waals surface area contributed by atoms with Crippen molar-refractivity contribution in [3.63, 3.8) is 0 Å². The quantitative estimate of drug-likeness (QED) is 0.244. The maximum Gasteiger partial charge on any atom is 0.270 e. The lowest BCUT2D eigenvalue weighted by atomic mass is 10.1. The Bertz CT molecular complexity index is 1220. The van der Waals surface area contributed by atoms with E-state index >= 15 is 0 Å². The van der Waals surface area contributed by atoms with Crippen LogP contribution in [-0.2, 0) is 11.4 Å². The Morgan fingerprint density at radius 1 is 1.12 bits per heavy atom. The summed E-state index contributed by atoms with van der Waals surface area (Å²) in [5.41, 5.74) is 2.48. The number of carbonyl (C=O) groups is 1. The Balaban J connectivity index is 1.59. The van der Waals surface area contributed by atoms with Gasteiger partial charge in [0.15, 0.2) is 15.8 Å². The molecule has 1 heterocycles. The minimum atomic E-state index is -0.193.